The highest BCUT2D eigenvalue weighted by molar-refractivity contribution is 5.98. The molecular weight excluding hydrogens is 376 g/mol. The van der Waals surface area contributed by atoms with Gasteiger partial charge in [-0.3, -0.25) is 4.79 Å². The number of aromatic nitrogens is 3. The molecule has 1 fully saturated rings. The fraction of sp³-hybridized carbons (Fsp3) is 0.435. The molecule has 3 N–H and O–H groups in total. The number of fused-ring (bicyclic) bond motifs is 8. The molecule has 3 aliphatic rings. The third-order valence-corrected chi connectivity index (χ3v) is 6.68. The zero-order valence-electron chi connectivity index (χ0n) is 17.4. The van der Waals surface area contributed by atoms with E-state index in [-0.39, 0.29) is 11.9 Å². The van der Waals surface area contributed by atoms with E-state index >= 15 is 0 Å². The van der Waals surface area contributed by atoms with Gasteiger partial charge in [0.25, 0.3) is 5.91 Å². The van der Waals surface area contributed by atoms with Crippen molar-refractivity contribution in [1.29, 1.82) is 0 Å². The van der Waals surface area contributed by atoms with Crippen LogP contribution in [-0.4, -0.2) is 33.0 Å². The van der Waals surface area contributed by atoms with Crippen LogP contribution in [0, 0.1) is 0 Å². The van der Waals surface area contributed by atoms with Gasteiger partial charge < -0.3 is 20.5 Å². The summed E-state index contributed by atoms with van der Waals surface area (Å²) in [7, 11) is 0. The molecule has 154 valence electrons. The van der Waals surface area contributed by atoms with Crippen LogP contribution in [0.2, 0.25) is 0 Å². The second kappa shape index (κ2) is 6.20. The Morgan fingerprint density at radius 1 is 1.27 bits per heavy atom. The van der Waals surface area contributed by atoms with Crippen LogP contribution in [0.25, 0.3) is 11.0 Å². The molecule has 0 saturated heterocycles. The van der Waals surface area contributed by atoms with Crippen LogP contribution < -0.4 is 16.0 Å². The number of carbonyl (C=O) groups excluding carboxylic acids is 1. The molecule has 1 saturated carbocycles. The van der Waals surface area contributed by atoms with Gasteiger partial charge in [0.1, 0.15) is 17.8 Å². The van der Waals surface area contributed by atoms with Crippen LogP contribution in [0.4, 0.5) is 11.5 Å². The lowest BCUT2D eigenvalue weighted by Gasteiger charge is -2.44. The largest absolute Gasteiger partial charge is 0.383 e. The quantitative estimate of drug-likeness (QED) is 0.701. The van der Waals surface area contributed by atoms with E-state index in [1.807, 2.05) is 6.07 Å². The van der Waals surface area contributed by atoms with Crippen molar-refractivity contribution < 1.29 is 4.79 Å². The van der Waals surface area contributed by atoms with Crippen molar-refractivity contribution in [2.24, 2.45) is 0 Å². The van der Waals surface area contributed by atoms with E-state index in [9.17, 15) is 4.79 Å². The zero-order chi connectivity index (χ0) is 20.6. The van der Waals surface area contributed by atoms with E-state index in [4.69, 9.17) is 5.73 Å². The molecule has 0 radical (unpaired) electrons. The predicted octanol–water partition coefficient (Wildman–Crippen LogP) is 3.34. The van der Waals surface area contributed by atoms with Crippen LogP contribution in [-0.2, 0) is 6.42 Å². The summed E-state index contributed by atoms with van der Waals surface area (Å²) in [6, 6.07) is 6.93. The highest BCUT2D eigenvalue weighted by atomic mass is 16.1. The number of hydrogen-bond acceptors (Lipinski definition) is 5. The third-order valence-electron chi connectivity index (χ3n) is 6.68. The van der Waals surface area contributed by atoms with Crippen LogP contribution in [0.15, 0.2) is 24.5 Å². The van der Waals surface area contributed by atoms with Gasteiger partial charge in [-0.15, -0.1) is 0 Å². The van der Waals surface area contributed by atoms with E-state index in [2.05, 4.69) is 50.7 Å². The van der Waals surface area contributed by atoms with Gasteiger partial charge in [-0.1, -0.05) is 6.07 Å². The first-order valence-corrected chi connectivity index (χ1v) is 10.9. The lowest BCUT2D eigenvalue weighted by Crippen LogP contribution is -2.39. The number of amides is 1. The van der Waals surface area contributed by atoms with Crippen molar-refractivity contribution in [2.45, 2.75) is 57.7 Å². The number of benzene rings is 1. The Hall–Kier alpha value is -3.09. The van der Waals surface area contributed by atoms with Crippen molar-refractivity contribution >= 4 is 28.4 Å². The minimum absolute atomic E-state index is 0.0355. The standard InChI is InChI=1S/C23H26N6O/c1-12(2)29-16-4-3-9-28-17-10-13(23(30)27-14-6-7-14)5-8-15(17)20(28)18(16)19-21(24)25-11-26-22(19)29/h5,8,10-12,14,20H,3-4,6-7,9H2,1-2H3,(H,27,30)(H2,24,25,26). The first kappa shape index (κ1) is 17.7. The van der Waals surface area contributed by atoms with Gasteiger partial charge in [0.05, 0.1) is 11.4 Å². The highest BCUT2D eigenvalue weighted by Crippen LogP contribution is 2.52. The highest BCUT2D eigenvalue weighted by Gasteiger charge is 2.42. The van der Waals surface area contributed by atoms with Crippen LogP contribution in [0.1, 0.15) is 72.4 Å². The van der Waals surface area contributed by atoms with Gasteiger partial charge in [-0.2, -0.15) is 0 Å². The summed E-state index contributed by atoms with van der Waals surface area (Å²) in [5.74, 6) is 0.583. The number of rotatable bonds is 3. The predicted molar refractivity (Wildman–Crippen MR) is 117 cm³/mol. The Labute approximate surface area is 175 Å². The molecule has 0 spiro atoms. The molecule has 1 atom stereocenters. The normalized spacial score (nSPS) is 19.7. The maximum absolute atomic E-state index is 12.5. The van der Waals surface area contributed by atoms with E-state index in [1.54, 1.807) is 6.33 Å². The summed E-state index contributed by atoms with van der Waals surface area (Å²) in [5.41, 5.74) is 13.0. The summed E-state index contributed by atoms with van der Waals surface area (Å²) >= 11 is 0. The summed E-state index contributed by atoms with van der Waals surface area (Å²) in [6.45, 7) is 5.35. The van der Waals surface area contributed by atoms with Gasteiger partial charge in [0.2, 0.25) is 0 Å². The molecule has 30 heavy (non-hydrogen) atoms. The Bertz CT molecular complexity index is 1190. The number of hydrogen-bond donors (Lipinski definition) is 2. The van der Waals surface area contributed by atoms with E-state index in [1.165, 1.54) is 16.8 Å². The molecule has 6 rings (SSSR count). The van der Waals surface area contributed by atoms with Gasteiger partial charge in [0, 0.05) is 46.7 Å². The van der Waals surface area contributed by atoms with Crippen molar-refractivity contribution in [3.8, 4) is 0 Å². The number of nitrogens with two attached hydrogens (primary N) is 1. The second-order valence-corrected chi connectivity index (χ2v) is 9.00. The Kier molecular flexibility index (Phi) is 3.67. The molecule has 2 aromatic heterocycles. The monoisotopic (exact) mass is 402 g/mol. The third kappa shape index (κ3) is 2.41. The second-order valence-electron chi connectivity index (χ2n) is 9.00. The summed E-state index contributed by atoms with van der Waals surface area (Å²) in [4.78, 5) is 23.9. The van der Waals surface area contributed by atoms with Crippen molar-refractivity contribution in [2.75, 3.05) is 17.2 Å². The van der Waals surface area contributed by atoms with E-state index in [0.29, 0.717) is 17.9 Å². The summed E-state index contributed by atoms with van der Waals surface area (Å²) < 4.78 is 2.33. The SMILES string of the molecule is CC(C)n1c2c(c3c(N)ncnc31)C1c3ccc(C(=O)NC4CC4)cc3N1CCC2. The average molecular weight is 403 g/mol. The van der Waals surface area contributed by atoms with Crippen molar-refractivity contribution in [1.82, 2.24) is 19.9 Å². The molecular formula is C23H26N6O. The first-order chi connectivity index (χ1) is 14.5. The van der Waals surface area contributed by atoms with E-state index in [0.717, 1.165) is 54.5 Å². The number of carbonyl (C=O) groups is 1. The molecule has 1 aromatic carbocycles. The van der Waals surface area contributed by atoms with Crippen LogP contribution in [0.5, 0.6) is 0 Å². The van der Waals surface area contributed by atoms with Gasteiger partial charge in [-0.05, 0) is 51.7 Å². The lowest BCUT2D eigenvalue weighted by atomic mass is 9.86. The average Bonchev–Trinajstić information content (AvgIpc) is 3.48. The van der Waals surface area contributed by atoms with Crippen LogP contribution in [0.3, 0.4) is 0 Å². The van der Waals surface area contributed by atoms with E-state index < -0.39 is 0 Å². The van der Waals surface area contributed by atoms with Gasteiger partial charge in [0.15, 0.2) is 0 Å². The maximum Gasteiger partial charge on any atom is 0.251 e. The van der Waals surface area contributed by atoms with Gasteiger partial charge >= 0.3 is 0 Å². The number of anilines is 2. The maximum atomic E-state index is 12.5. The fourth-order valence-electron chi connectivity index (χ4n) is 5.22. The zero-order valence-corrected chi connectivity index (χ0v) is 17.4. The molecule has 1 amide bonds. The number of nitrogens with one attached hydrogen (secondary N) is 1. The fourth-order valence-corrected chi connectivity index (χ4v) is 5.22. The molecule has 7 nitrogen and oxygen atoms in total. The Morgan fingerprint density at radius 2 is 2.10 bits per heavy atom. The Morgan fingerprint density at radius 3 is 2.87 bits per heavy atom. The minimum Gasteiger partial charge on any atom is -0.383 e. The topological polar surface area (TPSA) is 89.1 Å². The van der Waals surface area contributed by atoms with Crippen molar-refractivity contribution in [3.63, 3.8) is 0 Å². The van der Waals surface area contributed by atoms with Gasteiger partial charge in [-0.25, -0.2) is 9.97 Å². The minimum atomic E-state index is 0.0355. The molecule has 2 aliphatic heterocycles. The first-order valence-electron chi connectivity index (χ1n) is 10.9. The molecule has 1 aliphatic carbocycles. The number of nitrogen functional groups attached to an aromatic ring is 1. The number of nitrogens with zero attached hydrogens (tertiary/aromatic N) is 4. The van der Waals surface area contributed by atoms with Crippen LogP contribution >= 0.6 is 0 Å². The smallest absolute Gasteiger partial charge is 0.251 e. The molecule has 0 bridgehead atoms. The summed E-state index contributed by atoms with van der Waals surface area (Å²) in [5, 5.41) is 4.08. The molecule has 4 heterocycles. The van der Waals surface area contributed by atoms with Crippen molar-refractivity contribution in [3.05, 3.63) is 46.9 Å². The lowest BCUT2D eigenvalue weighted by molar-refractivity contribution is 0.0951. The Balaban J connectivity index is 1.50. The summed E-state index contributed by atoms with van der Waals surface area (Å²) in [6.07, 6.45) is 5.79. The molecule has 3 aromatic rings. The molecule has 7 heteroatoms. The molecule has 1 unspecified atom stereocenters.